The van der Waals surface area contributed by atoms with E-state index in [-0.39, 0.29) is 12.2 Å². The summed E-state index contributed by atoms with van der Waals surface area (Å²) in [4.78, 5) is 33.1. The summed E-state index contributed by atoms with van der Waals surface area (Å²) in [5, 5.41) is 0. The van der Waals surface area contributed by atoms with Gasteiger partial charge in [-0.05, 0) is 6.07 Å². The SMILES string of the molecule is O=C1Cc2ccccc2OC(=O)C1=O. The topological polar surface area (TPSA) is 60.4 Å². The average Bonchev–Trinajstić information content (AvgIpc) is 2.28. The number of ketones is 2. The molecule has 1 aromatic rings. The maximum atomic E-state index is 11.1. The summed E-state index contributed by atoms with van der Waals surface area (Å²) < 4.78 is 4.73. The molecule has 0 N–H and O–H groups in total. The highest BCUT2D eigenvalue weighted by atomic mass is 16.5. The first-order valence-electron chi connectivity index (χ1n) is 4.06. The van der Waals surface area contributed by atoms with E-state index in [1.807, 2.05) is 0 Å². The fourth-order valence-corrected chi connectivity index (χ4v) is 1.26. The van der Waals surface area contributed by atoms with Crippen LogP contribution in [0.2, 0.25) is 0 Å². The molecule has 0 unspecified atom stereocenters. The minimum absolute atomic E-state index is 0.0687. The summed E-state index contributed by atoms with van der Waals surface area (Å²) in [6, 6.07) is 6.60. The largest absolute Gasteiger partial charge is 0.420 e. The van der Waals surface area contributed by atoms with Gasteiger partial charge in [0.2, 0.25) is 5.78 Å². The Balaban J connectivity index is 2.49. The van der Waals surface area contributed by atoms with Crippen molar-refractivity contribution in [3.8, 4) is 5.75 Å². The molecule has 2 rings (SSSR count). The van der Waals surface area contributed by atoms with Crippen molar-refractivity contribution in [1.29, 1.82) is 0 Å². The van der Waals surface area contributed by atoms with Crippen molar-refractivity contribution in [2.24, 2.45) is 0 Å². The van der Waals surface area contributed by atoms with Gasteiger partial charge in [-0.25, -0.2) is 4.79 Å². The quantitative estimate of drug-likeness (QED) is 0.335. The molecule has 1 aromatic carbocycles. The minimum atomic E-state index is -1.10. The van der Waals surface area contributed by atoms with Gasteiger partial charge in [-0.2, -0.15) is 0 Å². The summed E-state index contributed by atoms with van der Waals surface area (Å²) in [5.74, 6) is -2.61. The zero-order chi connectivity index (χ0) is 10.1. The van der Waals surface area contributed by atoms with Gasteiger partial charge in [0.25, 0.3) is 0 Å². The summed E-state index contributed by atoms with van der Waals surface area (Å²) in [6.45, 7) is 0. The molecule has 0 bridgehead atoms. The number of benzene rings is 1. The van der Waals surface area contributed by atoms with Crippen molar-refractivity contribution in [3.63, 3.8) is 0 Å². The monoisotopic (exact) mass is 190 g/mol. The number of hydrogen-bond donors (Lipinski definition) is 0. The Morgan fingerprint density at radius 1 is 1.07 bits per heavy atom. The van der Waals surface area contributed by atoms with Crippen LogP contribution in [-0.2, 0) is 20.8 Å². The second-order valence-electron chi connectivity index (χ2n) is 2.93. The molecule has 0 spiro atoms. The van der Waals surface area contributed by atoms with Crippen molar-refractivity contribution in [2.45, 2.75) is 6.42 Å². The highest BCUT2D eigenvalue weighted by Crippen LogP contribution is 2.21. The van der Waals surface area contributed by atoms with E-state index in [0.717, 1.165) is 0 Å². The number of fused-ring (bicyclic) bond motifs is 1. The summed E-state index contributed by atoms with van der Waals surface area (Å²) in [5.41, 5.74) is 0.566. The van der Waals surface area contributed by atoms with Gasteiger partial charge in [-0.3, -0.25) is 9.59 Å². The number of hydrogen-bond acceptors (Lipinski definition) is 4. The standard InChI is InChI=1S/C10H6O4/c11-7-5-6-3-1-2-4-8(6)14-10(13)9(7)12/h1-4H,5H2. The van der Waals surface area contributed by atoms with Gasteiger partial charge < -0.3 is 4.74 Å². The lowest BCUT2D eigenvalue weighted by Gasteiger charge is -2.01. The number of ether oxygens (including phenoxy) is 1. The predicted molar refractivity (Wildman–Crippen MR) is 45.8 cm³/mol. The molecule has 0 fully saturated rings. The molecule has 0 aromatic heterocycles. The Bertz CT molecular complexity index is 395. The first-order valence-corrected chi connectivity index (χ1v) is 4.06. The lowest BCUT2D eigenvalue weighted by Crippen LogP contribution is -2.26. The highest BCUT2D eigenvalue weighted by molar-refractivity contribution is 6.62. The van der Waals surface area contributed by atoms with Crippen LogP contribution >= 0.6 is 0 Å². The number of esters is 1. The normalized spacial score (nSPS) is 15.9. The van der Waals surface area contributed by atoms with Crippen molar-refractivity contribution in [2.75, 3.05) is 0 Å². The van der Waals surface area contributed by atoms with Crippen molar-refractivity contribution in [3.05, 3.63) is 29.8 Å². The molecule has 0 radical (unpaired) electrons. The van der Waals surface area contributed by atoms with Crippen molar-refractivity contribution in [1.82, 2.24) is 0 Å². The van der Waals surface area contributed by atoms with Crippen LogP contribution in [0.15, 0.2) is 24.3 Å². The third-order valence-corrected chi connectivity index (χ3v) is 1.96. The molecule has 1 aliphatic rings. The lowest BCUT2D eigenvalue weighted by atomic mass is 10.1. The Kier molecular flexibility index (Phi) is 1.89. The second-order valence-corrected chi connectivity index (χ2v) is 2.93. The molecule has 1 aliphatic heterocycles. The predicted octanol–water partition coefficient (Wildman–Crippen LogP) is 0.286. The zero-order valence-corrected chi connectivity index (χ0v) is 7.15. The molecule has 70 valence electrons. The number of Topliss-reactive ketones (excluding diaryl/α,β-unsaturated/α-hetero) is 2. The van der Waals surface area contributed by atoms with Crippen LogP contribution < -0.4 is 4.74 Å². The van der Waals surface area contributed by atoms with Gasteiger partial charge in [0.05, 0.1) is 0 Å². The van der Waals surface area contributed by atoms with Crippen LogP contribution in [0.1, 0.15) is 5.56 Å². The average molecular weight is 190 g/mol. The number of rotatable bonds is 0. The third-order valence-electron chi connectivity index (χ3n) is 1.96. The molecule has 0 atom stereocenters. The Labute approximate surface area is 79.5 Å². The van der Waals surface area contributed by atoms with Crippen LogP contribution in [-0.4, -0.2) is 17.5 Å². The maximum Gasteiger partial charge on any atom is 0.388 e. The first kappa shape index (κ1) is 8.62. The zero-order valence-electron chi connectivity index (χ0n) is 7.15. The Hall–Kier alpha value is -1.97. The van der Waals surface area contributed by atoms with Gasteiger partial charge in [0, 0.05) is 12.0 Å². The molecule has 4 heteroatoms. The van der Waals surface area contributed by atoms with Crippen LogP contribution in [0.3, 0.4) is 0 Å². The molecule has 0 saturated carbocycles. The van der Waals surface area contributed by atoms with Gasteiger partial charge in [-0.15, -0.1) is 0 Å². The maximum absolute atomic E-state index is 11.1. The van der Waals surface area contributed by atoms with Crippen LogP contribution in [0.25, 0.3) is 0 Å². The van der Waals surface area contributed by atoms with Gasteiger partial charge in [0.1, 0.15) is 5.75 Å². The number of para-hydroxylation sites is 1. The third kappa shape index (κ3) is 1.31. The van der Waals surface area contributed by atoms with E-state index >= 15 is 0 Å². The lowest BCUT2D eigenvalue weighted by molar-refractivity contribution is -0.150. The molecule has 1 heterocycles. The number of carbonyl (C=O) groups is 3. The smallest absolute Gasteiger partial charge is 0.388 e. The Morgan fingerprint density at radius 2 is 1.79 bits per heavy atom. The molecule has 0 saturated heterocycles. The van der Waals surface area contributed by atoms with Gasteiger partial charge in [0.15, 0.2) is 0 Å². The van der Waals surface area contributed by atoms with Crippen LogP contribution in [0.5, 0.6) is 5.75 Å². The first-order chi connectivity index (χ1) is 6.68. The van der Waals surface area contributed by atoms with E-state index in [2.05, 4.69) is 0 Å². The number of carbonyl (C=O) groups excluding carboxylic acids is 3. The fraction of sp³-hybridized carbons (Fsp3) is 0.100. The minimum Gasteiger partial charge on any atom is -0.420 e. The highest BCUT2D eigenvalue weighted by Gasteiger charge is 2.29. The van der Waals surface area contributed by atoms with Crippen LogP contribution in [0, 0.1) is 0 Å². The second kappa shape index (κ2) is 3.06. The van der Waals surface area contributed by atoms with Crippen molar-refractivity contribution >= 4 is 17.5 Å². The van der Waals surface area contributed by atoms with E-state index in [9.17, 15) is 14.4 Å². The summed E-state index contributed by atoms with van der Waals surface area (Å²) in [6.07, 6.45) is -0.0687. The fourth-order valence-electron chi connectivity index (χ4n) is 1.26. The van der Waals surface area contributed by atoms with Crippen LogP contribution in [0.4, 0.5) is 0 Å². The van der Waals surface area contributed by atoms with E-state index in [1.54, 1.807) is 24.3 Å². The van der Waals surface area contributed by atoms with E-state index in [0.29, 0.717) is 5.56 Å². The van der Waals surface area contributed by atoms with Gasteiger partial charge >= 0.3 is 11.8 Å². The molecule has 4 nitrogen and oxygen atoms in total. The van der Waals surface area contributed by atoms with E-state index in [1.165, 1.54) is 0 Å². The van der Waals surface area contributed by atoms with Crippen molar-refractivity contribution < 1.29 is 19.1 Å². The molecule has 14 heavy (non-hydrogen) atoms. The molecular weight excluding hydrogens is 184 g/mol. The van der Waals surface area contributed by atoms with E-state index in [4.69, 9.17) is 4.74 Å². The molecular formula is C10H6O4. The van der Waals surface area contributed by atoms with E-state index < -0.39 is 17.5 Å². The van der Waals surface area contributed by atoms with Gasteiger partial charge in [-0.1, -0.05) is 18.2 Å². The molecule has 0 aliphatic carbocycles. The molecule has 0 amide bonds. The summed E-state index contributed by atoms with van der Waals surface area (Å²) >= 11 is 0. The Morgan fingerprint density at radius 3 is 2.57 bits per heavy atom. The summed E-state index contributed by atoms with van der Waals surface area (Å²) in [7, 11) is 0.